The van der Waals surface area contributed by atoms with Crippen molar-refractivity contribution in [2.24, 2.45) is 5.84 Å². The van der Waals surface area contributed by atoms with E-state index in [9.17, 15) is 8.78 Å². The molecule has 0 radical (unpaired) electrons. The second-order valence-electron chi connectivity index (χ2n) is 3.52. The highest BCUT2D eigenvalue weighted by molar-refractivity contribution is 5.31. The first-order valence-corrected chi connectivity index (χ1v) is 5.04. The number of nitrogens with one attached hydrogen (secondary N) is 1. The Kier molecular flexibility index (Phi) is 3.41. The number of nitrogens with zero attached hydrogens (tertiary/aromatic N) is 1. The fourth-order valence-electron chi connectivity index (χ4n) is 1.66. The lowest BCUT2D eigenvalue weighted by Crippen LogP contribution is -2.29. The summed E-state index contributed by atoms with van der Waals surface area (Å²) < 4.78 is 26.8. The lowest BCUT2D eigenvalue weighted by Gasteiger charge is -2.17. The predicted octanol–water partition coefficient (Wildman–Crippen LogP) is 1.91. The number of hydrazine groups is 1. The first kappa shape index (κ1) is 11.6. The van der Waals surface area contributed by atoms with E-state index in [1.807, 2.05) is 0 Å². The molecule has 2 rings (SSSR count). The average Bonchev–Trinajstić information content (AvgIpc) is 2.37. The third-order valence-corrected chi connectivity index (χ3v) is 2.50. The molecule has 0 saturated carbocycles. The maximum atomic E-state index is 13.6. The van der Waals surface area contributed by atoms with Crippen molar-refractivity contribution in [1.29, 1.82) is 0 Å². The number of rotatable bonds is 3. The van der Waals surface area contributed by atoms with E-state index in [-0.39, 0.29) is 5.56 Å². The normalized spacial score (nSPS) is 12.4. The molecule has 1 aromatic carbocycles. The van der Waals surface area contributed by atoms with Crippen LogP contribution in [0.3, 0.4) is 0 Å². The molecule has 0 aliphatic carbocycles. The molecule has 0 amide bonds. The molecule has 3 N–H and O–H groups in total. The molecule has 0 aliphatic heterocycles. The molecule has 1 atom stereocenters. The number of pyridine rings is 1. The number of aromatic nitrogens is 1. The topological polar surface area (TPSA) is 50.9 Å². The minimum atomic E-state index is -0.896. The van der Waals surface area contributed by atoms with Crippen molar-refractivity contribution in [2.75, 3.05) is 0 Å². The van der Waals surface area contributed by atoms with E-state index >= 15 is 0 Å². The van der Waals surface area contributed by atoms with Crippen LogP contribution in [0.5, 0.6) is 0 Å². The Morgan fingerprint density at radius 1 is 1.12 bits per heavy atom. The van der Waals surface area contributed by atoms with Gasteiger partial charge in [0.05, 0.1) is 6.04 Å². The van der Waals surface area contributed by atoms with Gasteiger partial charge >= 0.3 is 0 Å². The molecule has 2 aromatic rings. The van der Waals surface area contributed by atoms with Gasteiger partial charge in [-0.2, -0.15) is 0 Å². The first-order chi connectivity index (χ1) is 8.24. The summed E-state index contributed by atoms with van der Waals surface area (Å²) >= 11 is 0. The Bertz CT molecular complexity index is 502. The zero-order chi connectivity index (χ0) is 12.3. The smallest absolute Gasteiger partial charge is 0.163 e. The maximum absolute atomic E-state index is 13.6. The Morgan fingerprint density at radius 3 is 2.47 bits per heavy atom. The van der Waals surface area contributed by atoms with Crippen LogP contribution in [0.4, 0.5) is 8.78 Å². The molecule has 1 aromatic heterocycles. The van der Waals surface area contributed by atoms with Crippen molar-refractivity contribution < 1.29 is 8.78 Å². The van der Waals surface area contributed by atoms with Crippen LogP contribution < -0.4 is 11.3 Å². The highest BCUT2D eigenvalue weighted by Gasteiger charge is 2.18. The second-order valence-corrected chi connectivity index (χ2v) is 3.52. The Labute approximate surface area is 97.3 Å². The lowest BCUT2D eigenvalue weighted by atomic mass is 10.00. The second kappa shape index (κ2) is 4.99. The summed E-state index contributed by atoms with van der Waals surface area (Å²) in [5.74, 6) is 3.61. The summed E-state index contributed by atoms with van der Waals surface area (Å²) in [6, 6.07) is 6.78. The van der Waals surface area contributed by atoms with E-state index in [4.69, 9.17) is 5.84 Å². The maximum Gasteiger partial charge on any atom is 0.163 e. The molecule has 0 saturated heterocycles. The van der Waals surface area contributed by atoms with E-state index in [0.717, 1.165) is 6.07 Å². The Balaban J connectivity index is 2.46. The van der Waals surface area contributed by atoms with Crippen LogP contribution in [-0.4, -0.2) is 4.98 Å². The van der Waals surface area contributed by atoms with Crippen LogP contribution in [0, 0.1) is 11.6 Å². The Hall–Kier alpha value is -1.85. The van der Waals surface area contributed by atoms with Crippen LogP contribution in [-0.2, 0) is 0 Å². The average molecular weight is 235 g/mol. The van der Waals surface area contributed by atoms with Crippen molar-refractivity contribution in [2.45, 2.75) is 6.04 Å². The lowest BCUT2D eigenvalue weighted by molar-refractivity contribution is 0.483. The third kappa shape index (κ3) is 2.30. The molecule has 0 fully saturated rings. The molecular formula is C12H11F2N3. The van der Waals surface area contributed by atoms with Gasteiger partial charge in [-0.15, -0.1) is 0 Å². The summed E-state index contributed by atoms with van der Waals surface area (Å²) in [7, 11) is 0. The largest absolute Gasteiger partial charge is 0.271 e. The van der Waals surface area contributed by atoms with Gasteiger partial charge in [0, 0.05) is 18.0 Å². The SMILES string of the molecule is NNC(c1ccncc1)c1cccc(F)c1F. The molecule has 0 aliphatic rings. The number of nitrogens with two attached hydrogens (primary N) is 1. The summed E-state index contributed by atoms with van der Waals surface area (Å²) in [5, 5.41) is 0. The van der Waals surface area contributed by atoms with Crippen molar-refractivity contribution in [1.82, 2.24) is 10.4 Å². The zero-order valence-corrected chi connectivity index (χ0v) is 8.90. The van der Waals surface area contributed by atoms with Crippen molar-refractivity contribution in [3.8, 4) is 0 Å². The first-order valence-electron chi connectivity index (χ1n) is 5.04. The molecule has 1 heterocycles. The van der Waals surface area contributed by atoms with Gasteiger partial charge in [-0.25, -0.2) is 14.2 Å². The predicted molar refractivity (Wildman–Crippen MR) is 59.8 cm³/mol. The van der Waals surface area contributed by atoms with E-state index in [0.29, 0.717) is 5.56 Å². The van der Waals surface area contributed by atoms with Crippen molar-refractivity contribution in [3.63, 3.8) is 0 Å². The quantitative estimate of drug-likeness (QED) is 0.631. The number of halogens is 2. The molecule has 1 unspecified atom stereocenters. The van der Waals surface area contributed by atoms with Crippen LogP contribution in [0.2, 0.25) is 0 Å². The molecule has 0 spiro atoms. The highest BCUT2D eigenvalue weighted by Crippen LogP contribution is 2.24. The molecule has 88 valence electrons. The highest BCUT2D eigenvalue weighted by atomic mass is 19.2. The monoisotopic (exact) mass is 235 g/mol. The van der Waals surface area contributed by atoms with Gasteiger partial charge in [0.15, 0.2) is 11.6 Å². The molecule has 17 heavy (non-hydrogen) atoms. The minimum absolute atomic E-state index is 0.165. The fourth-order valence-corrected chi connectivity index (χ4v) is 1.66. The van der Waals surface area contributed by atoms with Crippen molar-refractivity contribution >= 4 is 0 Å². The zero-order valence-electron chi connectivity index (χ0n) is 8.90. The third-order valence-electron chi connectivity index (χ3n) is 2.50. The van der Waals surface area contributed by atoms with Gasteiger partial charge in [-0.05, 0) is 23.8 Å². The van der Waals surface area contributed by atoms with E-state index in [2.05, 4.69) is 10.4 Å². The molecule has 5 heteroatoms. The number of hydrogen-bond acceptors (Lipinski definition) is 3. The van der Waals surface area contributed by atoms with E-state index < -0.39 is 17.7 Å². The van der Waals surface area contributed by atoms with E-state index in [1.165, 1.54) is 12.1 Å². The van der Waals surface area contributed by atoms with Gasteiger partial charge in [0.25, 0.3) is 0 Å². The molecular weight excluding hydrogens is 224 g/mol. The van der Waals surface area contributed by atoms with Crippen LogP contribution >= 0.6 is 0 Å². The van der Waals surface area contributed by atoms with Crippen LogP contribution in [0.15, 0.2) is 42.7 Å². The van der Waals surface area contributed by atoms with Crippen LogP contribution in [0.25, 0.3) is 0 Å². The number of hydrogen-bond donors (Lipinski definition) is 2. The van der Waals surface area contributed by atoms with Gasteiger partial charge in [0.1, 0.15) is 0 Å². The van der Waals surface area contributed by atoms with Crippen molar-refractivity contribution in [3.05, 3.63) is 65.5 Å². The summed E-state index contributed by atoms with van der Waals surface area (Å²) in [5.41, 5.74) is 3.35. The summed E-state index contributed by atoms with van der Waals surface area (Å²) in [4.78, 5) is 3.86. The van der Waals surface area contributed by atoms with Crippen LogP contribution in [0.1, 0.15) is 17.2 Å². The van der Waals surface area contributed by atoms with E-state index in [1.54, 1.807) is 24.5 Å². The van der Waals surface area contributed by atoms with Gasteiger partial charge in [0.2, 0.25) is 0 Å². The molecule has 0 bridgehead atoms. The standard InChI is InChI=1S/C12H11F2N3/c13-10-3-1-2-9(11(10)14)12(17-15)8-4-6-16-7-5-8/h1-7,12,17H,15H2. The van der Waals surface area contributed by atoms with Gasteiger partial charge < -0.3 is 0 Å². The Morgan fingerprint density at radius 2 is 1.82 bits per heavy atom. The summed E-state index contributed by atoms with van der Waals surface area (Å²) in [6.45, 7) is 0. The fraction of sp³-hybridized carbons (Fsp3) is 0.0833. The van der Waals surface area contributed by atoms with Gasteiger partial charge in [-0.1, -0.05) is 12.1 Å². The minimum Gasteiger partial charge on any atom is -0.271 e. The van der Waals surface area contributed by atoms with Gasteiger partial charge in [-0.3, -0.25) is 10.8 Å². The molecule has 3 nitrogen and oxygen atoms in total. The number of benzene rings is 1. The summed E-state index contributed by atoms with van der Waals surface area (Å²) in [6.07, 6.45) is 3.13.